The van der Waals surface area contributed by atoms with Crippen LogP contribution in [0.15, 0.2) is 36.8 Å². The van der Waals surface area contributed by atoms with E-state index in [9.17, 15) is 14.3 Å². The molecule has 1 saturated carbocycles. The lowest BCUT2D eigenvalue weighted by atomic mass is 10.0. The van der Waals surface area contributed by atoms with Crippen molar-refractivity contribution in [3.05, 3.63) is 53.9 Å². The minimum absolute atomic E-state index is 0.191. The van der Waals surface area contributed by atoms with E-state index < -0.39 is 5.82 Å². The lowest BCUT2D eigenvalue weighted by molar-refractivity contribution is 0.102. The molecule has 1 aliphatic heterocycles. The zero-order valence-electron chi connectivity index (χ0n) is 19.7. The maximum absolute atomic E-state index is 14.5. The second kappa shape index (κ2) is 8.31. The van der Waals surface area contributed by atoms with Crippen molar-refractivity contribution in [3.63, 3.8) is 0 Å². The first-order valence-electron chi connectivity index (χ1n) is 12.0. The molecule has 2 aliphatic rings. The topological polar surface area (TPSA) is 99.7 Å². The fourth-order valence-electron chi connectivity index (χ4n) is 5.06. The lowest BCUT2D eigenvalue weighted by Crippen LogP contribution is -2.44. The lowest BCUT2D eigenvalue weighted by Gasteiger charge is -2.34. The molecule has 0 spiro atoms. The number of aromatic nitrogens is 4. The van der Waals surface area contributed by atoms with Gasteiger partial charge in [0.2, 0.25) is 0 Å². The number of benzene rings is 1. The molecule has 182 valence electrons. The largest absolute Gasteiger partial charge is 0.391 e. The predicted molar refractivity (Wildman–Crippen MR) is 131 cm³/mol. The smallest absolute Gasteiger partial charge is 0.257 e. The molecule has 3 aromatic heterocycles. The number of aryl methyl sites for hydroxylation is 2. The first-order valence-corrected chi connectivity index (χ1v) is 12.0. The number of fused-ring (bicyclic) bond motifs is 2. The fraction of sp³-hybridized carbons (Fsp3) is 0.400. The van der Waals surface area contributed by atoms with Gasteiger partial charge >= 0.3 is 0 Å². The van der Waals surface area contributed by atoms with Gasteiger partial charge in [-0.05, 0) is 38.3 Å². The summed E-state index contributed by atoms with van der Waals surface area (Å²) in [6, 6.07) is 5.71. The van der Waals surface area contributed by atoms with Crippen LogP contribution in [0.1, 0.15) is 35.3 Å². The van der Waals surface area contributed by atoms with Gasteiger partial charge in [0.05, 0.1) is 23.0 Å². The maximum atomic E-state index is 14.5. The van der Waals surface area contributed by atoms with E-state index in [1.165, 1.54) is 6.07 Å². The molecular formula is C25H28FN7O2. The summed E-state index contributed by atoms with van der Waals surface area (Å²) in [7, 11) is 1.84. The first-order chi connectivity index (χ1) is 16.9. The Labute approximate surface area is 201 Å². The zero-order chi connectivity index (χ0) is 24.3. The van der Waals surface area contributed by atoms with Gasteiger partial charge in [-0.3, -0.25) is 9.48 Å². The fourth-order valence-corrected chi connectivity index (χ4v) is 5.06. The van der Waals surface area contributed by atoms with Gasteiger partial charge in [0.1, 0.15) is 5.52 Å². The van der Waals surface area contributed by atoms with Crippen LogP contribution in [0.4, 0.5) is 15.8 Å². The number of nitrogens with zero attached hydrogens (tertiary/aromatic N) is 5. The number of anilines is 2. The number of aliphatic hydroxyl groups excluding tert-OH is 1. The van der Waals surface area contributed by atoms with Gasteiger partial charge in [-0.25, -0.2) is 9.37 Å². The van der Waals surface area contributed by atoms with Gasteiger partial charge in [-0.15, -0.1) is 0 Å². The molecule has 6 rings (SSSR count). The van der Waals surface area contributed by atoms with Crippen molar-refractivity contribution in [2.24, 2.45) is 7.05 Å². The molecule has 1 aliphatic carbocycles. The summed E-state index contributed by atoms with van der Waals surface area (Å²) in [6.45, 7) is 3.57. The maximum Gasteiger partial charge on any atom is 0.257 e. The Morgan fingerprint density at radius 1 is 1.20 bits per heavy atom. The summed E-state index contributed by atoms with van der Waals surface area (Å²) in [4.78, 5) is 19.7. The van der Waals surface area contributed by atoms with Crippen LogP contribution >= 0.6 is 0 Å². The molecule has 1 aromatic carbocycles. The molecule has 1 amide bonds. The molecule has 10 heteroatoms. The van der Waals surface area contributed by atoms with E-state index >= 15 is 0 Å². The molecule has 3 N–H and O–H groups in total. The average Bonchev–Trinajstić information content (AvgIpc) is 3.17. The van der Waals surface area contributed by atoms with Crippen molar-refractivity contribution in [3.8, 4) is 0 Å². The number of carbonyl (C=O) groups excluding carboxylic acids is 1. The van der Waals surface area contributed by atoms with Gasteiger partial charge in [-0.2, -0.15) is 5.10 Å². The van der Waals surface area contributed by atoms with Crippen molar-refractivity contribution >= 4 is 33.8 Å². The van der Waals surface area contributed by atoms with Crippen molar-refractivity contribution in [2.75, 3.05) is 23.3 Å². The quantitative estimate of drug-likeness (QED) is 0.409. The molecule has 1 saturated heterocycles. The molecule has 2 fully saturated rings. The summed E-state index contributed by atoms with van der Waals surface area (Å²) in [5, 5.41) is 21.4. The second-order valence-electron chi connectivity index (χ2n) is 9.68. The van der Waals surface area contributed by atoms with Crippen LogP contribution in [0.5, 0.6) is 0 Å². The SMILES string of the molecule is Cc1cn2cc(NC(=O)c3ccc(N4CCC(N[C@@H]5C[C@H]5O)CC4)c4cn(C)nc34)cc(F)c2n1. The number of imidazole rings is 1. The number of aliphatic hydroxyl groups is 1. The number of piperidine rings is 1. The highest BCUT2D eigenvalue weighted by Crippen LogP contribution is 2.32. The number of rotatable bonds is 5. The molecule has 0 radical (unpaired) electrons. The van der Waals surface area contributed by atoms with Crippen molar-refractivity contribution in [2.45, 2.75) is 44.4 Å². The van der Waals surface area contributed by atoms with Crippen LogP contribution in [0.2, 0.25) is 0 Å². The van der Waals surface area contributed by atoms with Crippen molar-refractivity contribution in [1.82, 2.24) is 24.5 Å². The molecule has 9 nitrogen and oxygen atoms in total. The molecule has 2 atom stereocenters. The highest BCUT2D eigenvalue weighted by molar-refractivity contribution is 6.13. The summed E-state index contributed by atoms with van der Waals surface area (Å²) >= 11 is 0. The summed E-state index contributed by atoms with van der Waals surface area (Å²) < 4.78 is 17.8. The zero-order valence-corrected chi connectivity index (χ0v) is 19.7. The van der Waals surface area contributed by atoms with Crippen LogP contribution in [0.25, 0.3) is 16.6 Å². The Kier molecular flexibility index (Phi) is 5.23. The van der Waals surface area contributed by atoms with Gasteiger partial charge < -0.3 is 25.0 Å². The molecule has 0 bridgehead atoms. The van der Waals surface area contributed by atoms with Crippen LogP contribution in [0, 0.1) is 12.7 Å². The molecule has 4 heterocycles. The number of hydrogen-bond donors (Lipinski definition) is 3. The number of pyridine rings is 1. The third-order valence-electron chi connectivity index (χ3n) is 6.94. The first kappa shape index (κ1) is 22.0. The summed E-state index contributed by atoms with van der Waals surface area (Å²) in [5.74, 6) is -0.843. The van der Waals surface area contributed by atoms with E-state index in [0.717, 1.165) is 43.4 Å². The van der Waals surface area contributed by atoms with E-state index in [1.54, 1.807) is 34.5 Å². The normalized spacial score (nSPS) is 20.6. The van der Waals surface area contributed by atoms with Crippen molar-refractivity contribution in [1.29, 1.82) is 0 Å². The number of nitrogens with one attached hydrogen (secondary N) is 2. The monoisotopic (exact) mass is 477 g/mol. The minimum atomic E-state index is -0.497. The Balaban J connectivity index is 1.24. The standard InChI is InChI=1S/C25H28FN7O2/c1-14-11-33-12-16(9-19(26)24(33)27-14)29-25(35)17-3-4-21(18-13-31(2)30-23(17)18)32-7-5-15(6-8-32)28-20-10-22(20)34/h3-4,9,11-13,15,20,22,28,34H,5-8,10H2,1-2H3,(H,29,35)/t20-,22-/m1/s1. The summed E-state index contributed by atoms with van der Waals surface area (Å²) in [6.07, 6.45) is 7.95. The van der Waals surface area contributed by atoms with Gasteiger partial charge in [0.25, 0.3) is 5.91 Å². The minimum Gasteiger partial charge on any atom is -0.391 e. The predicted octanol–water partition coefficient (Wildman–Crippen LogP) is 2.61. The number of carbonyl (C=O) groups is 1. The van der Waals surface area contributed by atoms with Gasteiger partial charge in [0, 0.05) is 68.0 Å². The van der Waals surface area contributed by atoms with Gasteiger partial charge in [0.15, 0.2) is 11.5 Å². The third-order valence-corrected chi connectivity index (χ3v) is 6.94. The van der Waals surface area contributed by atoms with Crippen LogP contribution < -0.4 is 15.5 Å². The van der Waals surface area contributed by atoms with Crippen LogP contribution in [-0.2, 0) is 7.05 Å². The Morgan fingerprint density at radius 2 is 1.97 bits per heavy atom. The van der Waals surface area contributed by atoms with E-state index in [0.29, 0.717) is 28.5 Å². The Bertz CT molecular complexity index is 1440. The molecular weight excluding hydrogens is 449 g/mol. The average molecular weight is 478 g/mol. The third kappa shape index (κ3) is 4.12. The highest BCUT2D eigenvalue weighted by atomic mass is 19.1. The number of hydrogen-bond acceptors (Lipinski definition) is 6. The van der Waals surface area contributed by atoms with E-state index in [2.05, 4.69) is 25.6 Å². The van der Waals surface area contributed by atoms with E-state index in [4.69, 9.17) is 0 Å². The second-order valence-corrected chi connectivity index (χ2v) is 9.68. The molecule has 35 heavy (non-hydrogen) atoms. The van der Waals surface area contributed by atoms with Crippen LogP contribution in [-0.4, -0.2) is 61.5 Å². The molecule has 0 unspecified atom stereocenters. The van der Waals surface area contributed by atoms with Crippen LogP contribution in [0.3, 0.4) is 0 Å². The number of amides is 1. The van der Waals surface area contributed by atoms with Gasteiger partial charge in [-0.1, -0.05) is 0 Å². The Morgan fingerprint density at radius 3 is 2.71 bits per heavy atom. The molecule has 4 aromatic rings. The van der Waals surface area contributed by atoms with E-state index in [1.807, 2.05) is 19.3 Å². The highest BCUT2D eigenvalue weighted by Gasteiger charge is 2.37. The van der Waals surface area contributed by atoms with Crippen molar-refractivity contribution < 1.29 is 14.3 Å². The number of halogens is 1. The summed E-state index contributed by atoms with van der Waals surface area (Å²) in [5.41, 5.74) is 3.37. The Hall–Kier alpha value is -3.50. The van der Waals surface area contributed by atoms with E-state index in [-0.39, 0.29) is 23.7 Å².